The fourth-order valence-electron chi connectivity index (χ4n) is 2.38. The Morgan fingerprint density at radius 3 is 2.57 bits per heavy atom. The molecule has 0 bridgehead atoms. The molecule has 30 heavy (non-hydrogen) atoms. The van der Waals surface area contributed by atoms with E-state index in [4.69, 9.17) is 4.74 Å². The van der Waals surface area contributed by atoms with Crippen molar-refractivity contribution < 1.29 is 32.2 Å². The lowest BCUT2D eigenvalue weighted by molar-refractivity contribution is -0.154. The zero-order valence-electron chi connectivity index (χ0n) is 16.7. The van der Waals surface area contributed by atoms with E-state index in [2.05, 4.69) is 20.0 Å². The first-order valence-corrected chi connectivity index (χ1v) is 9.08. The number of nitrogens with one attached hydrogen (secondary N) is 1. The number of halogens is 3. The van der Waals surface area contributed by atoms with Crippen molar-refractivity contribution >= 4 is 11.7 Å². The van der Waals surface area contributed by atoms with Gasteiger partial charge in [-0.25, -0.2) is 0 Å². The van der Waals surface area contributed by atoms with Gasteiger partial charge < -0.3 is 14.8 Å². The molecule has 0 unspecified atom stereocenters. The van der Waals surface area contributed by atoms with Gasteiger partial charge in [-0.15, -0.1) is 0 Å². The van der Waals surface area contributed by atoms with Crippen LogP contribution in [0.15, 0.2) is 30.5 Å². The number of hydrogen-bond acceptors (Lipinski definition) is 6. The van der Waals surface area contributed by atoms with Gasteiger partial charge in [0.05, 0.1) is 7.11 Å². The van der Waals surface area contributed by atoms with Crippen LogP contribution in [-0.4, -0.2) is 41.6 Å². The molecule has 0 saturated heterocycles. The van der Waals surface area contributed by atoms with Gasteiger partial charge in [-0.2, -0.15) is 18.2 Å². The minimum absolute atomic E-state index is 0.0173. The van der Waals surface area contributed by atoms with Gasteiger partial charge in [-0.3, -0.25) is 14.6 Å². The number of aromatic nitrogens is 2. The monoisotopic (exact) mass is 425 g/mol. The van der Waals surface area contributed by atoms with Gasteiger partial charge in [0.25, 0.3) is 5.91 Å². The van der Waals surface area contributed by atoms with Crippen molar-refractivity contribution in [3.63, 3.8) is 0 Å². The zero-order chi connectivity index (χ0) is 22.3. The number of Topliss-reactive ketones (excluding diaryl/α,β-unsaturated/α-hetero) is 1. The number of nitrogens with zero attached hydrogens (tertiary/aromatic N) is 2. The smallest absolute Gasteiger partial charge is 0.422 e. The number of alkyl halides is 3. The van der Waals surface area contributed by atoms with Crippen molar-refractivity contribution in [1.82, 2.24) is 15.3 Å². The summed E-state index contributed by atoms with van der Waals surface area (Å²) in [7, 11) is 1.31. The summed E-state index contributed by atoms with van der Waals surface area (Å²) in [5, 5.41) is 2.68. The van der Waals surface area contributed by atoms with E-state index >= 15 is 0 Å². The van der Waals surface area contributed by atoms with Gasteiger partial charge in [-0.1, -0.05) is 13.8 Å². The number of pyridine rings is 2. The quantitative estimate of drug-likeness (QED) is 0.664. The predicted octanol–water partition coefficient (Wildman–Crippen LogP) is 3.12. The number of hydrogen-bond donors (Lipinski definition) is 1. The molecule has 7 nitrogen and oxygen atoms in total. The molecule has 10 heteroatoms. The maximum Gasteiger partial charge on any atom is 0.422 e. The SMILES string of the molecule is COc1nc(OCC(F)(F)F)ccc1CNC(=O)c1ccnc(CC(=O)C(C)C)c1. The highest BCUT2D eigenvalue weighted by molar-refractivity contribution is 5.94. The Kier molecular flexibility index (Phi) is 7.73. The highest BCUT2D eigenvalue weighted by atomic mass is 19.4. The topological polar surface area (TPSA) is 90.4 Å². The van der Waals surface area contributed by atoms with Gasteiger partial charge in [0.15, 0.2) is 6.61 Å². The number of methoxy groups -OCH3 is 1. The molecule has 1 amide bonds. The van der Waals surface area contributed by atoms with Gasteiger partial charge in [0.2, 0.25) is 11.8 Å². The second-order valence-electron chi connectivity index (χ2n) is 6.74. The summed E-state index contributed by atoms with van der Waals surface area (Å²) in [6.07, 6.45) is -2.90. The van der Waals surface area contributed by atoms with Crippen LogP contribution < -0.4 is 14.8 Å². The van der Waals surface area contributed by atoms with Crippen LogP contribution in [0.25, 0.3) is 0 Å². The van der Waals surface area contributed by atoms with Crippen LogP contribution in [-0.2, 0) is 17.8 Å². The van der Waals surface area contributed by atoms with E-state index in [9.17, 15) is 22.8 Å². The van der Waals surface area contributed by atoms with Crippen molar-refractivity contribution in [3.05, 3.63) is 47.3 Å². The Labute approximate surface area is 171 Å². The molecular weight excluding hydrogens is 403 g/mol. The van der Waals surface area contributed by atoms with Crippen LogP contribution in [0.1, 0.15) is 35.5 Å². The number of ketones is 1. The largest absolute Gasteiger partial charge is 0.481 e. The molecule has 0 radical (unpaired) electrons. The van der Waals surface area contributed by atoms with Crippen LogP contribution in [0, 0.1) is 5.92 Å². The lowest BCUT2D eigenvalue weighted by Crippen LogP contribution is -2.24. The first kappa shape index (κ1) is 23.1. The Balaban J connectivity index is 2.02. The number of amides is 1. The summed E-state index contributed by atoms with van der Waals surface area (Å²) in [5.41, 5.74) is 1.27. The van der Waals surface area contributed by atoms with Crippen molar-refractivity contribution in [3.8, 4) is 11.8 Å². The second-order valence-corrected chi connectivity index (χ2v) is 6.74. The van der Waals surface area contributed by atoms with E-state index in [-0.39, 0.29) is 36.4 Å². The van der Waals surface area contributed by atoms with Gasteiger partial charge >= 0.3 is 6.18 Å². The van der Waals surface area contributed by atoms with Crippen molar-refractivity contribution in [2.24, 2.45) is 5.92 Å². The number of ether oxygens (including phenoxy) is 2. The summed E-state index contributed by atoms with van der Waals surface area (Å²) in [6, 6.07) is 5.77. The summed E-state index contributed by atoms with van der Waals surface area (Å²) >= 11 is 0. The molecule has 0 aliphatic rings. The highest BCUT2D eigenvalue weighted by Crippen LogP contribution is 2.22. The zero-order valence-corrected chi connectivity index (χ0v) is 16.7. The van der Waals surface area contributed by atoms with E-state index in [0.717, 1.165) is 0 Å². The third-order valence-electron chi connectivity index (χ3n) is 4.01. The first-order chi connectivity index (χ1) is 14.1. The van der Waals surface area contributed by atoms with Crippen LogP contribution >= 0.6 is 0 Å². The molecule has 0 aliphatic carbocycles. The maximum absolute atomic E-state index is 12.4. The van der Waals surface area contributed by atoms with Crippen molar-refractivity contribution in [1.29, 1.82) is 0 Å². The van der Waals surface area contributed by atoms with E-state index in [1.807, 2.05) is 0 Å². The van der Waals surface area contributed by atoms with Gasteiger partial charge in [0.1, 0.15) is 5.78 Å². The fraction of sp³-hybridized carbons (Fsp3) is 0.400. The van der Waals surface area contributed by atoms with Crippen molar-refractivity contribution in [2.45, 2.75) is 33.0 Å². The van der Waals surface area contributed by atoms with Gasteiger partial charge in [-0.05, 0) is 18.2 Å². The van der Waals surface area contributed by atoms with Gasteiger partial charge in [0, 0.05) is 48.0 Å². The minimum Gasteiger partial charge on any atom is -0.481 e. The standard InChI is InChI=1S/C20H22F3N3O4/c1-12(2)16(27)9-15-8-13(6-7-24-15)18(28)25-10-14-4-5-17(26-19(14)29-3)30-11-20(21,22)23/h4-8,12H,9-11H2,1-3H3,(H,25,28). The third-order valence-corrected chi connectivity index (χ3v) is 4.01. The van der Waals surface area contributed by atoms with Crippen LogP contribution in [0.2, 0.25) is 0 Å². The maximum atomic E-state index is 12.4. The summed E-state index contributed by atoms with van der Waals surface area (Å²) < 4.78 is 46.4. The molecule has 2 aromatic heterocycles. The first-order valence-electron chi connectivity index (χ1n) is 9.08. The average Bonchev–Trinajstić information content (AvgIpc) is 2.70. The summed E-state index contributed by atoms with van der Waals surface area (Å²) in [4.78, 5) is 32.3. The number of carbonyl (C=O) groups excluding carboxylic acids is 2. The van der Waals surface area contributed by atoms with E-state index in [0.29, 0.717) is 16.8 Å². The molecular formula is C20H22F3N3O4. The molecule has 2 aromatic rings. The molecule has 0 saturated carbocycles. The highest BCUT2D eigenvalue weighted by Gasteiger charge is 2.28. The van der Waals surface area contributed by atoms with Crippen LogP contribution in [0.4, 0.5) is 13.2 Å². The van der Waals surface area contributed by atoms with E-state index in [1.165, 1.54) is 31.5 Å². The number of carbonyl (C=O) groups is 2. The molecule has 0 atom stereocenters. The molecule has 0 spiro atoms. The third kappa shape index (κ3) is 7.02. The molecule has 0 aliphatic heterocycles. The Bertz CT molecular complexity index is 901. The number of rotatable bonds is 9. The average molecular weight is 425 g/mol. The Morgan fingerprint density at radius 1 is 1.20 bits per heavy atom. The molecule has 162 valence electrons. The van der Waals surface area contributed by atoms with Crippen molar-refractivity contribution in [2.75, 3.05) is 13.7 Å². The Morgan fingerprint density at radius 2 is 1.93 bits per heavy atom. The molecule has 0 aromatic carbocycles. The molecule has 1 N–H and O–H groups in total. The molecule has 2 heterocycles. The van der Waals surface area contributed by atoms with E-state index < -0.39 is 18.7 Å². The second kappa shape index (κ2) is 10.0. The van der Waals surface area contributed by atoms with Crippen LogP contribution in [0.3, 0.4) is 0 Å². The lowest BCUT2D eigenvalue weighted by Gasteiger charge is -2.12. The predicted molar refractivity (Wildman–Crippen MR) is 101 cm³/mol. The molecule has 2 rings (SSSR count). The van der Waals surface area contributed by atoms with Crippen LogP contribution in [0.5, 0.6) is 11.8 Å². The normalized spacial score (nSPS) is 11.3. The lowest BCUT2D eigenvalue weighted by atomic mass is 10.0. The minimum atomic E-state index is -4.48. The fourth-order valence-corrected chi connectivity index (χ4v) is 2.38. The Hall–Kier alpha value is -3.17. The summed E-state index contributed by atoms with van der Waals surface area (Å²) in [6.45, 7) is 2.14. The molecule has 0 fully saturated rings. The van der Waals surface area contributed by atoms with E-state index in [1.54, 1.807) is 19.9 Å². The summed E-state index contributed by atoms with van der Waals surface area (Å²) in [5.74, 6) is -0.730.